The van der Waals surface area contributed by atoms with E-state index in [2.05, 4.69) is 31.4 Å². The van der Waals surface area contributed by atoms with E-state index < -0.39 is 0 Å². The molecule has 1 heterocycles. The summed E-state index contributed by atoms with van der Waals surface area (Å²) in [5, 5.41) is 6.56. The van der Waals surface area contributed by atoms with Gasteiger partial charge in [0.05, 0.1) is 5.25 Å². The Morgan fingerprint density at radius 1 is 1.53 bits per heavy atom. The normalized spacial score (nSPS) is 21.8. The number of hydrogen-bond donors (Lipinski definition) is 2. The number of thioether (sulfide) groups is 1. The van der Waals surface area contributed by atoms with Crippen LogP contribution in [0.15, 0.2) is 0 Å². The highest BCUT2D eigenvalue weighted by atomic mass is 32.2. The van der Waals surface area contributed by atoms with E-state index in [9.17, 15) is 4.79 Å². The molecule has 2 unspecified atom stereocenters. The molecule has 0 aromatic carbocycles. The second-order valence-corrected chi connectivity index (χ2v) is 6.48. The van der Waals surface area contributed by atoms with Crippen LogP contribution in [0.4, 0.5) is 0 Å². The monoisotopic (exact) mass is 258 g/mol. The standard InChI is InChI=1S/C13H26N2OS/c1-4-17-12(10(2)3)13(16)15-8-6-11-5-7-14-9-11/h10-12,14H,4-9H2,1-3H3,(H,15,16). The lowest BCUT2D eigenvalue weighted by molar-refractivity contribution is -0.121. The van der Waals surface area contributed by atoms with Gasteiger partial charge in [0.25, 0.3) is 0 Å². The maximum Gasteiger partial charge on any atom is 0.233 e. The van der Waals surface area contributed by atoms with Crippen LogP contribution >= 0.6 is 11.8 Å². The van der Waals surface area contributed by atoms with Crippen LogP contribution < -0.4 is 10.6 Å². The molecule has 0 saturated carbocycles. The summed E-state index contributed by atoms with van der Waals surface area (Å²) in [6, 6.07) is 0. The van der Waals surface area contributed by atoms with Crippen molar-refractivity contribution in [2.45, 2.75) is 38.9 Å². The predicted molar refractivity (Wildman–Crippen MR) is 75.4 cm³/mol. The minimum absolute atomic E-state index is 0.113. The molecule has 17 heavy (non-hydrogen) atoms. The fourth-order valence-corrected chi connectivity index (χ4v) is 3.19. The van der Waals surface area contributed by atoms with Gasteiger partial charge in [-0.2, -0.15) is 0 Å². The number of amides is 1. The first-order valence-corrected chi connectivity index (χ1v) is 7.80. The molecule has 0 bridgehead atoms. The number of hydrogen-bond acceptors (Lipinski definition) is 3. The summed E-state index contributed by atoms with van der Waals surface area (Å²) in [5.41, 5.74) is 0. The average molecular weight is 258 g/mol. The lowest BCUT2D eigenvalue weighted by Crippen LogP contribution is -2.37. The maximum absolute atomic E-state index is 12.0. The van der Waals surface area contributed by atoms with E-state index in [1.54, 1.807) is 11.8 Å². The van der Waals surface area contributed by atoms with Crippen LogP contribution in [-0.4, -0.2) is 36.5 Å². The Labute approximate surface area is 109 Å². The van der Waals surface area contributed by atoms with E-state index >= 15 is 0 Å². The van der Waals surface area contributed by atoms with Gasteiger partial charge >= 0.3 is 0 Å². The molecule has 0 aromatic heterocycles. The largest absolute Gasteiger partial charge is 0.355 e. The first-order valence-electron chi connectivity index (χ1n) is 6.75. The number of rotatable bonds is 7. The van der Waals surface area contributed by atoms with E-state index in [0.29, 0.717) is 5.92 Å². The minimum atomic E-state index is 0.113. The molecular formula is C13H26N2OS. The Morgan fingerprint density at radius 2 is 2.29 bits per heavy atom. The molecule has 1 fully saturated rings. The zero-order chi connectivity index (χ0) is 12.7. The summed E-state index contributed by atoms with van der Waals surface area (Å²) in [6.45, 7) is 9.43. The fraction of sp³-hybridized carbons (Fsp3) is 0.923. The van der Waals surface area contributed by atoms with E-state index in [4.69, 9.17) is 0 Å². The average Bonchev–Trinajstić information content (AvgIpc) is 2.78. The zero-order valence-electron chi connectivity index (χ0n) is 11.3. The van der Waals surface area contributed by atoms with Crippen LogP contribution in [-0.2, 0) is 4.79 Å². The molecule has 2 atom stereocenters. The van der Waals surface area contributed by atoms with Gasteiger partial charge in [0.1, 0.15) is 0 Å². The Hall–Kier alpha value is -0.220. The van der Waals surface area contributed by atoms with E-state index in [1.165, 1.54) is 6.42 Å². The quantitative estimate of drug-likeness (QED) is 0.732. The molecule has 1 rings (SSSR count). The van der Waals surface area contributed by atoms with Gasteiger partial charge in [-0.05, 0) is 43.5 Å². The van der Waals surface area contributed by atoms with Crippen molar-refractivity contribution in [3.63, 3.8) is 0 Å². The smallest absolute Gasteiger partial charge is 0.233 e. The molecule has 0 spiro atoms. The molecular weight excluding hydrogens is 232 g/mol. The first-order chi connectivity index (χ1) is 8.15. The van der Waals surface area contributed by atoms with E-state index in [-0.39, 0.29) is 11.2 Å². The van der Waals surface area contributed by atoms with Gasteiger partial charge in [-0.1, -0.05) is 20.8 Å². The molecule has 3 nitrogen and oxygen atoms in total. The molecule has 2 N–H and O–H groups in total. The molecule has 0 radical (unpaired) electrons. The summed E-state index contributed by atoms with van der Waals surface area (Å²) in [7, 11) is 0. The third-order valence-electron chi connectivity index (χ3n) is 3.22. The van der Waals surface area contributed by atoms with Crippen LogP contribution in [0.5, 0.6) is 0 Å². The lowest BCUT2D eigenvalue weighted by Gasteiger charge is -2.19. The Balaban J connectivity index is 2.21. The van der Waals surface area contributed by atoms with Crippen molar-refractivity contribution in [1.82, 2.24) is 10.6 Å². The number of carbonyl (C=O) groups is 1. The molecule has 1 aliphatic heterocycles. The van der Waals surface area contributed by atoms with Gasteiger partial charge in [0.2, 0.25) is 5.91 Å². The van der Waals surface area contributed by atoms with Gasteiger partial charge in [-0.15, -0.1) is 11.8 Å². The van der Waals surface area contributed by atoms with Gasteiger partial charge in [0, 0.05) is 6.54 Å². The molecule has 0 aromatic rings. The first kappa shape index (κ1) is 14.8. The zero-order valence-corrected chi connectivity index (χ0v) is 12.1. The third-order valence-corrected chi connectivity index (χ3v) is 4.68. The highest BCUT2D eigenvalue weighted by Crippen LogP contribution is 2.19. The minimum Gasteiger partial charge on any atom is -0.355 e. The summed E-state index contributed by atoms with van der Waals surface area (Å²) >= 11 is 1.75. The Morgan fingerprint density at radius 3 is 2.82 bits per heavy atom. The Bertz CT molecular complexity index is 227. The van der Waals surface area contributed by atoms with Crippen LogP contribution in [0.3, 0.4) is 0 Å². The topological polar surface area (TPSA) is 41.1 Å². The van der Waals surface area contributed by atoms with Crippen molar-refractivity contribution in [3.05, 3.63) is 0 Å². The summed E-state index contributed by atoms with van der Waals surface area (Å²) in [5.74, 6) is 2.39. The summed E-state index contributed by atoms with van der Waals surface area (Å²) < 4.78 is 0. The highest BCUT2D eigenvalue weighted by Gasteiger charge is 2.22. The third kappa shape index (κ3) is 5.30. The van der Waals surface area contributed by atoms with Crippen molar-refractivity contribution in [3.8, 4) is 0 Å². The number of carbonyl (C=O) groups excluding carboxylic acids is 1. The van der Waals surface area contributed by atoms with Crippen LogP contribution in [0.1, 0.15) is 33.6 Å². The second-order valence-electron chi connectivity index (χ2n) is 5.06. The molecule has 1 amide bonds. The van der Waals surface area contributed by atoms with Crippen molar-refractivity contribution in [2.24, 2.45) is 11.8 Å². The van der Waals surface area contributed by atoms with Crippen molar-refractivity contribution in [1.29, 1.82) is 0 Å². The van der Waals surface area contributed by atoms with E-state index in [1.807, 2.05) is 0 Å². The van der Waals surface area contributed by atoms with Crippen molar-refractivity contribution >= 4 is 17.7 Å². The lowest BCUT2D eigenvalue weighted by atomic mass is 10.0. The highest BCUT2D eigenvalue weighted by molar-refractivity contribution is 8.00. The fourth-order valence-electron chi connectivity index (χ4n) is 2.21. The summed E-state index contributed by atoms with van der Waals surface area (Å²) in [6.07, 6.45) is 2.37. The van der Waals surface area contributed by atoms with E-state index in [0.717, 1.165) is 37.7 Å². The van der Waals surface area contributed by atoms with Gasteiger partial charge in [-0.3, -0.25) is 4.79 Å². The van der Waals surface area contributed by atoms with Crippen LogP contribution in [0, 0.1) is 11.8 Å². The van der Waals surface area contributed by atoms with Crippen molar-refractivity contribution in [2.75, 3.05) is 25.4 Å². The molecule has 0 aliphatic carbocycles. The Kier molecular flexibility index (Phi) is 6.97. The molecule has 1 saturated heterocycles. The molecule has 4 heteroatoms. The van der Waals surface area contributed by atoms with Gasteiger partial charge < -0.3 is 10.6 Å². The van der Waals surface area contributed by atoms with Crippen LogP contribution in [0.25, 0.3) is 0 Å². The number of nitrogens with one attached hydrogen (secondary N) is 2. The van der Waals surface area contributed by atoms with Crippen molar-refractivity contribution < 1.29 is 4.79 Å². The van der Waals surface area contributed by atoms with Crippen LogP contribution in [0.2, 0.25) is 0 Å². The van der Waals surface area contributed by atoms with Gasteiger partial charge in [0.15, 0.2) is 0 Å². The predicted octanol–water partition coefficient (Wildman–Crippen LogP) is 1.88. The van der Waals surface area contributed by atoms with Gasteiger partial charge in [-0.25, -0.2) is 0 Å². The maximum atomic E-state index is 12.0. The second kappa shape index (κ2) is 7.98. The molecule has 100 valence electrons. The SMILES string of the molecule is CCSC(C(=O)NCCC1CCNC1)C(C)C. The summed E-state index contributed by atoms with van der Waals surface area (Å²) in [4.78, 5) is 12.0. The molecule has 1 aliphatic rings.